The van der Waals surface area contributed by atoms with E-state index < -0.39 is 14.9 Å². The average Bonchev–Trinajstić information content (AvgIpc) is 2.69. The second-order valence-electron chi connectivity index (χ2n) is 5.63. The highest BCUT2D eigenvalue weighted by molar-refractivity contribution is 7.92. The van der Waals surface area contributed by atoms with Crippen LogP contribution in [0.1, 0.15) is 6.92 Å². The number of benzene rings is 2. The lowest BCUT2D eigenvalue weighted by Crippen LogP contribution is -2.13. The van der Waals surface area contributed by atoms with E-state index in [9.17, 15) is 18.5 Å². The Hall–Kier alpha value is -3.53. The van der Waals surface area contributed by atoms with Crippen LogP contribution in [-0.4, -0.2) is 30.1 Å². The smallest absolute Gasteiger partial charge is 0.270 e. The van der Waals surface area contributed by atoms with Crippen molar-refractivity contribution in [3.05, 3.63) is 70.8 Å². The Morgan fingerprint density at radius 3 is 2.54 bits per heavy atom. The predicted molar refractivity (Wildman–Crippen MR) is 103 cm³/mol. The molecule has 10 heteroatoms. The van der Waals surface area contributed by atoms with Gasteiger partial charge < -0.3 is 4.74 Å². The van der Waals surface area contributed by atoms with E-state index in [1.807, 2.05) is 6.92 Å². The third-order valence-corrected chi connectivity index (χ3v) is 5.06. The van der Waals surface area contributed by atoms with Gasteiger partial charge in [0.15, 0.2) is 0 Å². The van der Waals surface area contributed by atoms with E-state index in [1.165, 1.54) is 18.2 Å². The number of anilines is 1. The van der Waals surface area contributed by atoms with Gasteiger partial charge >= 0.3 is 0 Å². The summed E-state index contributed by atoms with van der Waals surface area (Å²) in [5.74, 6) is 0.397. The third-order valence-electron chi connectivity index (χ3n) is 3.68. The van der Waals surface area contributed by atoms with Crippen LogP contribution in [0, 0.1) is 10.1 Å². The quantitative estimate of drug-likeness (QED) is 0.477. The highest BCUT2D eigenvalue weighted by atomic mass is 32.2. The van der Waals surface area contributed by atoms with E-state index in [-0.39, 0.29) is 10.6 Å². The van der Waals surface area contributed by atoms with E-state index in [0.717, 1.165) is 6.07 Å². The predicted octanol–water partition coefficient (Wildman–Crippen LogP) is 3.25. The van der Waals surface area contributed by atoms with Gasteiger partial charge in [-0.3, -0.25) is 14.8 Å². The second kappa shape index (κ2) is 8.01. The molecule has 1 heterocycles. The van der Waals surface area contributed by atoms with Gasteiger partial charge in [0, 0.05) is 29.4 Å². The molecule has 3 rings (SSSR count). The zero-order valence-electron chi connectivity index (χ0n) is 14.8. The van der Waals surface area contributed by atoms with Crippen LogP contribution in [0.3, 0.4) is 0 Å². The molecule has 0 aliphatic rings. The highest BCUT2D eigenvalue weighted by Crippen LogP contribution is 2.24. The van der Waals surface area contributed by atoms with Gasteiger partial charge in [-0.2, -0.15) is 0 Å². The number of non-ortho nitro benzene ring substituents is 1. The van der Waals surface area contributed by atoms with Crippen LogP contribution in [0.2, 0.25) is 0 Å². The first-order valence-corrected chi connectivity index (χ1v) is 9.71. The molecule has 0 saturated carbocycles. The van der Waals surface area contributed by atoms with Crippen LogP contribution in [0.25, 0.3) is 11.3 Å². The van der Waals surface area contributed by atoms with Gasteiger partial charge in [0.1, 0.15) is 0 Å². The number of sulfonamides is 1. The molecule has 0 saturated heterocycles. The summed E-state index contributed by atoms with van der Waals surface area (Å²) in [7, 11) is -3.99. The Morgan fingerprint density at radius 2 is 1.86 bits per heavy atom. The topological polar surface area (TPSA) is 124 Å². The maximum Gasteiger partial charge on any atom is 0.270 e. The number of aromatic nitrogens is 2. The molecule has 1 aromatic heterocycles. The Kier molecular flexibility index (Phi) is 5.50. The molecule has 0 bridgehead atoms. The number of rotatable bonds is 7. The maximum absolute atomic E-state index is 12.6. The fraction of sp³-hybridized carbons (Fsp3) is 0.111. The number of hydrogen-bond donors (Lipinski definition) is 1. The first-order valence-electron chi connectivity index (χ1n) is 8.23. The van der Waals surface area contributed by atoms with Crippen LogP contribution < -0.4 is 9.46 Å². The molecule has 0 aliphatic carbocycles. The van der Waals surface area contributed by atoms with Crippen LogP contribution in [0.15, 0.2) is 65.6 Å². The van der Waals surface area contributed by atoms with Crippen molar-refractivity contribution in [2.45, 2.75) is 11.8 Å². The monoisotopic (exact) mass is 400 g/mol. The van der Waals surface area contributed by atoms with E-state index in [0.29, 0.717) is 29.4 Å². The van der Waals surface area contributed by atoms with Gasteiger partial charge in [-0.05, 0) is 31.2 Å². The van der Waals surface area contributed by atoms with Crippen molar-refractivity contribution in [1.82, 2.24) is 10.2 Å². The molecule has 0 spiro atoms. The number of hydrogen-bond acceptors (Lipinski definition) is 7. The molecule has 0 amide bonds. The molecule has 0 atom stereocenters. The molecule has 0 radical (unpaired) electrons. The zero-order valence-corrected chi connectivity index (χ0v) is 15.6. The standard InChI is InChI=1S/C18H16N4O5S/c1-2-27-18-10-9-17(19-20-18)13-5-3-6-14(11-13)21-28(25,26)16-8-4-7-15(12-16)22(23)24/h3-12,21H,2H2,1H3. The molecule has 0 unspecified atom stereocenters. The minimum Gasteiger partial charge on any atom is -0.477 e. The molecule has 28 heavy (non-hydrogen) atoms. The molecule has 144 valence electrons. The average molecular weight is 400 g/mol. The van der Waals surface area contributed by atoms with Gasteiger partial charge in [0.25, 0.3) is 15.7 Å². The molecular weight excluding hydrogens is 384 g/mol. The number of ether oxygens (including phenoxy) is 1. The Morgan fingerprint density at radius 1 is 1.07 bits per heavy atom. The van der Waals surface area contributed by atoms with E-state index in [4.69, 9.17) is 4.74 Å². The molecule has 0 fully saturated rings. The number of nitro groups is 1. The normalized spacial score (nSPS) is 11.0. The molecule has 2 aromatic carbocycles. The Balaban J connectivity index is 1.86. The summed E-state index contributed by atoms with van der Waals surface area (Å²) in [5, 5.41) is 18.9. The molecule has 9 nitrogen and oxygen atoms in total. The fourth-order valence-corrected chi connectivity index (χ4v) is 3.51. The summed E-state index contributed by atoms with van der Waals surface area (Å²) < 4.78 is 32.8. The van der Waals surface area contributed by atoms with Crippen molar-refractivity contribution in [1.29, 1.82) is 0 Å². The largest absolute Gasteiger partial charge is 0.477 e. The lowest BCUT2D eigenvalue weighted by molar-refractivity contribution is -0.385. The van der Waals surface area contributed by atoms with Gasteiger partial charge in [0.2, 0.25) is 5.88 Å². The summed E-state index contributed by atoms with van der Waals surface area (Å²) in [6.07, 6.45) is 0. The zero-order chi connectivity index (χ0) is 20.1. The van der Waals surface area contributed by atoms with E-state index in [1.54, 1.807) is 36.4 Å². The summed E-state index contributed by atoms with van der Waals surface area (Å²) in [5.41, 5.74) is 1.18. The molecule has 3 aromatic rings. The lowest BCUT2D eigenvalue weighted by Gasteiger charge is -2.09. The van der Waals surface area contributed by atoms with Crippen LogP contribution >= 0.6 is 0 Å². The summed E-state index contributed by atoms with van der Waals surface area (Å²) in [6, 6.07) is 14.8. The summed E-state index contributed by atoms with van der Waals surface area (Å²) in [6.45, 7) is 2.31. The minimum absolute atomic E-state index is 0.201. The van der Waals surface area contributed by atoms with Crippen molar-refractivity contribution in [3.63, 3.8) is 0 Å². The molecule has 0 aliphatic heterocycles. The van der Waals surface area contributed by atoms with E-state index in [2.05, 4.69) is 14.9 Å². The second-order valence-corrected chi connectivity index (χ2v) is 7.31. The van der Waals surface area contributed by atoms with Crippen molar-refractivity contribution < 1.29 is 18.1 Å². The van der Waals surface area contributed by atoms with Crippen molar-refractivity contribution in [2.75, 3.05) is 11.3 Å². The fourth-order valence-electron chi connectivity index (χ4n) is 2.42. The number of nitrogens with one attached hydrogen (secondary N) is 1. The van der Waals surface area contributed by atoms with Gasteiger partial charge in [0.05, 0.1) is 22.1 Å². The van der Waals surface area contributed by atoms with Gasteiger partial charge in [-0.15, -0.1) is 10.2 Å². The van der Waals surface area contributed by atoms with Gasteiger partial charge in [-0.1, -0.05) is 18.2 Å². The SMILES string of the molecule is CCOc1ccc(-c2cccc(NS(=O)(=O)c3cccc([N+](=O)[O-])c3)c2)nn1. The lowest BCUT2D eigenvalue weighted by atomic mass is 10.1. The van der Waals surface area contributed by atoms with Crippen molar-refractivity contribution >= 4 is 21.4 Å². The summed E-state index contributed by atoms with van der Waals surface area (Å²) >= 11 is 0. The first kappa shape index (κ1) is 19.2. The Bertz CT molecular complexity index is 1100. The van der Waals surface area contributed by atoms with E-state index >= 15 is 0 Å². The molecular formula is C18H16N4O5S. The Labute approximate surface area is 161 Å². The van der Waals surface area contributed by atoms with Crippen LogP contribution in [-0.2, 0) is 10.0 Å². The first-order chi connectivity index (χ1) is 13.4. The maximum atomic E-state index is 12.6. The highest BCUT2D eigenvalue weighted by Gasteiger charge is 2.18. The van der Waals surface area contributed by atoms with Crippen LogP contribution in [0.4, 0.5) is 11.4 Å². The summed E-state index contributed by atoms with van der Waals surface area (Å²) in [4.78, 5) is 10.0. The molecule has 1 N–H and O–H groups in total. The van der Waals surface area contributed by atoms with Crippen molar-refractivity contribution in [2.24, 2.45) is 0 Å². The van der Waals surface area contributed by atoms with Crippen LogP contribution in [0.5, 0.6) is 5.88 Å². The van der Waals surface area contributed by atoms with Crippen molar-refractivity contribution in [3.8, 4) is 17.1 Å². The number of nitro benzene ring substituents is 1. The van der Waals surface area contributed by atoms with Gasteiger partial charge in [-0.25, -0.2) is 8.42 Å². The minimum atomic E-state index is -3.99. The third kappa shape index (κ3) is 4.41. The number of nitrogens with zero attached hydrogens (tertiary/aromatic N) is 3.